The van der Waals surface area contributed by atoms with Crippen molar-refractivity contribution in [3.63, 3.8) is 0 Å². The highest BCUT2D eigenvalue weighted by molar-refractivity contribution is 7.90. The van der Waals surface area contributed by atoms with E-state index in [9.17, 15) is 13.5 Å². The van der Waals surface area contributed by atoms with Gasteiger partial charge in [-0.25, -0.2) is 13.1 Å². The molecule has 1 aromatic carbocycles. The Kier molecular flexibility index (Phi) is 2.15. The van der Waals surface area contributed by atoms with Crippen molar-refractivity contribution in [2.45, 2.75) is 11.5 Å². The zero-order valence-corrected chi connectivity index (χ0v) is 10.2. The Balaban J connectivity index is 2.13. The fourth-order valence-corrected chi connectivity index (χ4v) is 3.59. The van der Waals surface area contributed by atoms with Crippen molar-refractivity contribution in [2.24, 2.45) is 0 Å². The molecule has 0 aliphatic carbocycles. The summed E-state index contributed by atoms with van der Waals surface area (Å²) in [5.74, 6) is 0.289. The van der Waals surface area contributed by atoms with Crippen LogP contribution in [0.2, 0.25) is 0 Å². The molecule has 18 heavy (non-hydrogen) atoms. The molecule has 0 spiro atoms. The Bertz CT molecular complexity index is 734. The molecule has 7 heteroatoms. The number of nitrogens with zero attached hydrogens (tertiary/aromatic N) is 2. The molecule has 6 nitrogen and oxygen atoms in total. The van der Waals surface area contributed by atoms with Crippen molar-refractivity contribution < 1.29 is 13.5 Å². The van der Waals surface area contributed by atoms with E-state index in [-0.39, 0.29) is 17.3 Å². The molecule has 0 atom stereocenters. The van der Waals surface area contributed by atoms with Gasteiger partial charge in [-0.05, 0) is 12.1 Å². The first-order valence-corrected chi connectivity index (χ1v) is 7.14. The van der Waals surface area contributed by atoms with Crippen LogP contribution in [-0.4, -0.2) is 23.3 Å². The van der Waals surface area contributed by atoms with Gasteiger partial charge in [-0.2, -0.15) is 5.10 Å². The van der Waals surface area contributed by atoms with Gasteiger partial charge in [0, 0.05) is 11.6 Å². The highest BCUT2D eigenvalue weighted by Crippen LogP contribution is 2.31. The summed E-state index contributed by atoms with van der Waals surface area (Å²) in [6.45, 7) is 0. The van der Waals surface area contributed by atoms with Crippen LogP contribution in [0.15, 0.2) is 24.3 Å². The number of rotatable bonds is 1. The first-order valence-electron chi connectivity index (χ1n) is 5.32. The second kappa shape index (κ2) is 3.49. The summed E-state index contributed by atoms with van der Waals surface area (Å²) >= 11 is 0. The van der Waals surface area contributed by atoms with E-state index in [1.54, 1.807) is 18.2 Å². The third kappa shape index (κ3) is 1.63. The minimum Gasteiger partial charge on any atom is -0.508 e. The molecule has 1 aliphatic rings. The van der Waals surface area contributed by atoms with E-state index in [1.165, 1.54) is 10.7 Å². The average Bonchev–Trinajstić information content (AvgIpc) is 2.73. The molecule has 3 N–H and O–H groups in total. The summed E-state index contributed by atoms with van der Waals surface area (Å²) in [6.07, 6.45) is 0. The van der Waals surface area contributed by atoms with Gasteiger partial charge in [0.1, 0.15) is 11.6 Å². The Morgan fingerprint density at radius 1 is 1.33 bits per heavy atom. The van der Waals surface area contributed by atoms with Crippen molar-refractivity contribution in [3.05, 3.63) is 35.5 Å². The van der Waals surface area contributed by atoms with Crippen molar-refractivity contribution in [2.75, 3.05) is 5.73 Å². The van der Waals surface area contributed by atoms with Gasteiger partial charge in [-0.3, -0.25) is 0 Å². The molecule has 0 unspecified atom stereocenters. The van der Waals surface area contributed by atoms with E-state index in [0.717, 1.165) is 0 Å². The third-order valence-corrected chi connectivity index (χ3v) is 4.34. The van der Waals surface area contributed by atoms with Gasteiger partial charge in [0.05, 0.1) is 22.9 Å². The van der Waals surface area contributed by atoms with Gasteiger partial charge < -0.3 is 10.8 Å². The summed E-state index contributed by atoms with van der Waals surface area (Å²) < 4.78 is 24.4. The SMILES string of the molecule is Nc1c2c(nn1-c1cccc(O)c1)CS(=O)(=O)C2. The van der Waals surface area contributed by atoms with E-state index in [4.69, 9.17) is 5.73 Å². The number of sulfone groups is 1. The van der Waals surface area contributed by atoms with Gasteiger partial charge >= 0.3 is 0 Å². The van der Waals surface area contributed by atoms with Gasteiger partial charge in [-0.1, -0.05) is 6.07 Å². The van der Waals surface area contributed by atoms with Gasteiger partial charge in [0.25, 0.3) is 0 Å². The number of anilines is 1. The lowest BCUT2D eigenvalue weighted by Crippen LogP contribution is -2.06. The molecule has 1 aliphatic heterocycles. The number of hydrogen-bond donors (Lipinski definition) is 2. The molecule has 1 aromatic heterocycles. The number of benzene rings is 1. The molecule has 94 valence electrons. The lowest BCUT2D eigenvalue weighted by molar-refractivity contribution is 0.475. The minimum atomic E-state index is -3.10. The van der Waals surface area contributed by atoms with Gasteiger partial charge in [0.2, 0.25) is 0 Å². The van der Waals surface area contributed by atoms with Crippen molar-refractivity contribution in [1.82, 2.24) is 9.78 Å². The van der Waals surface area contributed by atoms with Gasteiger partial charge in [-0.15, -0.1) is 0 Å². The van der Waals surface area contributed by atoms with Crippen LogP contribution in [0, 0.1) is 0 Å². The number of nitrogens with two attached hydrogens (primary N) is 1. The van der Waals surface area contributed by atoms with E-state index < -0.39 is 9.84 Å². The standard InChI is InChI=1S/C11H11N3O3S/c12-11-9-5-18(16,17)6-10(9)13-14(11)7-2-1-3-8(15)4-7/h1-4,15H,5-6,12H2. The topological polar surface area (TPSA) is 98.2 Å². The maximum absolute atomic E-state index is 11.5. The highest BCUT2D eigenvalue weighted by atomic mass is 32.2. The largest absolute Gasteiger partial charge is 0.508 e. The van der Waals surface area contributed by atoms with E-state index in [2.05, 4.69) is 5.10 Å². The van der Waals surface area contributed by atoms with Crippen LogP contribution in [0.4, 0.5) is 5.82 Å². The minimum absolute atomic E-state index is 0.0625. The molecule has 0 saturated carbocycles. The number of phenolic OH excluding ortho intramolecular Hbond substituents is 1. The fourth-order valence-electron chi connectivity index (χ4n) is 2.08. The Morgan fingerprint density at radius 3 is 2.78 bits per heavy atom. The van der Waals surface area contributed by atoms with Crippen molar-refractivity contribution in [3.8, 4) is 11.4 Å². The first-order chi connectivity index (χ1) is 8.46. The van der Waals surface area contributed by atoms with E-state index in [1.807, 2.05) is 0 Å². The van der Waals surface area contributed by atoms with Crippen LogP contribution >= 0.6 is 0 Å². The summed E-state index contributed by atoms with van der Waals surface area (Å²) in [5.41, 5.74) is 7.59. The van der Waals surface area contributed by atoms with Crippen LogP contribution in [0.25, 0.3) is 5.69 Å². The van der Waals surface area contributed by atoms with Crippen molar-refractivity contribution in [1.29, 1.82) is 0 Å². The Labute approximate surface area is 104 Å². The molecular weight excluding hydrogens is 254 g/mol. The number of nitrogen functional groups attached to an aromatic ring is 1. The zero-order valence-electron chi connectivity index (χ0n) is 9.37. The normalized spacial score (nSPS) is 16.7. The number of aromatic nitrogens is 2. The Morgan fingerprint density at radius 2 is 2.11 bits per heavy atom. The number of phenols is 1. The predicted octanol–water partition coefficient (Wildman–Crippen LogP) is 0.589. The fraction of sp³-hybridized carbons (Fsp3) is 0.182. The van der Waals surface area contributed by atoms with Crippen LogP contribution < -0.4 is 5.73 Å². The molecule has 0 fully saturated rings. The van der Waals surface area contributed by atoms with Crippen molar-refractivity contribution >= 4 is 15.7 Å². The quantitative estimate of drug-likeness (QED) is 0.786. The summed E-state index contributed by atoms with van der Waals surface area (Å²) in [4.78, 5) is 0. The van der Waals surface area contributed by atoms with Crippen LogP contribution in [0.5, 0.6) is 5.75 Å². The number of hydrogen-bond acceptors (Lipinski definition) is 5. The van der Waals surface area contributed by atoms with Crippen LogP contribution in [-0.2, 0) is 21.3 Å². The summed E-state index contributed by atoms with van der Waals surface area (Å²) in [5, 5.41) is 13.6. The lowest BCUT2D eigenvalue weighted by atomic mass is 10.2. The smallest absolute Gasteiger partial charge is 0.160 e. The summed E-state index contributed by atoms with van der Waals surface area (Å²) in [6, 6.07) is 6.48. The van der Waals surface area contributed by atoms with E-state index >= 15 is 0 Å². The highest BCUT2D eigenvalue weighted by Gasteiger charge is 2.31. The maximum Gasteiger partial charge on any atom is 0.160 e. The first kappa shape index (κ1) is 11.1. The summed E-state index contributed by atoms with van der Waals surface area (Å²) in [7, 11) is -3.10. The number of aromatic hydroxyl groups is 1. The molecule has 2 heterocycles. The molecule has 0 radical (unpaired) electrons. The predicted molar refractivity (Wildman–Crippen MR) is 66.0 cm³/mol. The van der Waals surface area contributed by atoms with Crippen LogP contribution in [0.1, 0.15) is 11.3 Å². The second-order valence-electron chi connectivity index (χ2n) is 4.27. The second-order valence-corrected chi connectivity index (χ2v) is 6.34. The molecule has 0 amide bonds. The Hall–Kier alpha value is -2.02. The zero-order chi connectivity index (χ0) is 12.9. The average molecular weight is 265 g/mol. The maximum atomic E-state index is 11.5. The third-order valence-electron chi connectivity index (χ3n) is 2.90. The molecule has 3 rings (SSSR count). The number of fused-ring (bicyclic) bond motifs is 1. The monoisotopic (exact) mass is 265 g/mol. The lowest BCUT2D eigenvalue weighted by Gasteiger charge is -2.05. The van der Waals surface area contributed by atoms with E-state index in [0.29, 0.717) is 22.8 Å². The molecule has 0 saturated heterocycles. The molecular formula is C11H11N3O3S. The van der Waals surface area contributed by atoms with Crippen LogP contribution in [0.3, 0.4) is 0 Å². The molecule has 2 aromatic rings. The van der Waals surface area contributed by atoms with Gasteiger partial charge in [0.15, 0.2) is 9.84 Å². The molecule has 0 bridgehead atoms.